The maximum absolute atomic E-state index is 14.4. The van der Waals surface area contributed by atoms with Crippen molar-refractivity contribution in [3.05, 3.63) is 217 Å². The highest BCUT2D eigenvalue weighted by Gasteiger charge is 2.34. The van der Waals surface area contributed by atoms with Gasteiger partial charge in [0.1, 0.15) is 29.8 Å². The Morgan fingerprint density at radius 3 is 1.88 bits per heavy atom. The van der Waals surface area contributed by atoms with Gasteiger partial charge in [-0.1, -0.05) is 157 Å². The summed E-state index contributed by atoms with van der Waals surface area (Å²) in [4.78, 5) is 9.75. The number of hydrogen-bond donors (Lipinski definition) is 0. The SMILES string of the molecule is CC(C)(C)c1ccnc(-n2c3ccccc3c3ccc(Oc4cc(-c5ccccc5-c5ccccc5)cc(N5CN(c6c(-c7ccc(F)cc7)cccc6C(C)(C)C)c6ccccc65)c4)cc32)c1. The molecule has 5 nitrogen and oxygen atoms in total. The van der Waals surface area contributed by atoms with Gasteiger partial charge in [0.2, 0.25) is 0 Å². The van der Waals surface area contributed by atoms with Gasteiger partial charge in [-0.3, -0.25) is 4.57 Å². The number of fused-ring (bicyclic) bond motifs is 4. The molecule has 0 amide bonds. The molecule has 0 atom stereocenters. The minimum Gasteiger partial charge on any atom is -0.457 e. The smallest absolute Gasteiger partial charge is 0.137 e. The third kappa shape index (κ3) is 7.76. The van der Waals surface area contributed by atoms with Crippen molar-refractivity contribution in [3.63, 3.8) is 0 Å². The number of rotatable bonds is 8. The Bertz CT molecular complexity index is 3510. The van der Waals surface area contributed by atoms with Crippen molar-refractivity contribution in [3.8, 4) is 50.7 Å². The van der Waals surface area contributed by atoms with E-state index in [0.717, 1.165) is 89.5 Å². The van der Waals surface area contributed by atoms with Crippen molar-refractivity contribution in [2.45, 2.75) is 52.4 Å². The van der Waals surface area contributed by atoms with Crippen molar-refractivity contribution in [2.75, 3.05) is 16.5 Å². The summed E-state index contributed by atoms with van der Waals surface area (Å²) in [6.45, 7) is 14.0. The van der Waals surface area contributed by atoms with Crippen molar-refractivity contribution in [2.24, 2.45) is 0 Å². The van der Waals surface area contributed by atoms with Crippen LogP contribution in [0, 0.1) is 5.82 Å². The molecule has 0 radical (unpaired) electrons. The topological polar surface area (TPSA) is 33.5 Å². The van der Waals surface area contributed by atoms with E-state index < -0.39 is 0 Å². The first-order chi connectivity index (χ1) is 32.9. The molecule has 0 saturated heterocycles. The molecule has 6 heteroatoms. The van der Waals surface area contributed by atoms with Crippen LogP contribution in [0.25, 0.3) is 61.0 Å². The molecule has 68 heavy (non-hydrogen) atoms. The minimum absolute atomic E-state index is 0.0413. The van der Waals surface area contributed by atoms with Crippen molar-refractivity contribution < 1.29 is 9.13 Å². The van der Waals surface area contributed by atoms with Gasteiger partial charge >= 0.3 is 0 Å². The Labute approximate surface area is 398 Å². The lowest BCUT2D eigenvalue weighted by molar-refractivity contribution is 0.483. The number of aromatic nitrogens is 2. The number of para-hydroxylation sites is 4. The first kappa shape index (κ1) is 42.7. The van der Waals surface area contributed by atoms with E-state index in [9.17, 15) is 4.39 Å². The average molecular weight is 889 g/mol. The number of halogens is 1. The van der Waals surface area contributed by atoms with E-state index in [-0.39, 0.29) is 16.6 Å². The highest BCUT2D eigenvalue weighted by atomic mass is 19.1. The Morgan fingerprint density at radius 1 is 0.485 bits per heavy atom. The van der Waals surface area contributed by atoms with Crippen LogP contribution in [0.5, 0.6) is 11.5 Å². The van der Waals surface area contributed by atoms with Crippen molar-refractivity contribution >= 4 is 44.6 Å². The zero-order valence-electron chi connectivity index (χ0n) is 39.3. The predicted molar refractivity (Wildman–Crippen MR) is 281 cm³/mol. The van der Waals surface area contributed by atoms with Crippen LogP contribution in [0.3, 0.4) is 0 Å². The summed E-state index contributed by atoms with van der Waals surface area (Å²) >= 11 is 0. The quantitative estimate of drug-likeness (QED) is 0.152. The third-order valence-electron chi connectivity index (χ3n) is 13.3. The summed E-state index contributed by atoms with van der Waals surface area (Å²) in [6, 6.07) is 67.1. The van der Waals surface area contributed by atoms with Crippen LogP contribution < -0.4 is 14.5 Å². The molecule has 1 aliphatic rings. The molecule has 0 N–H and O–H groups in total. The number of pyridine rings is 1. The lowest BCUT2D eigenvalue weighted by Crippen LogP contribution is -2.27. The van der Waals surface area contributed by atoms with E-state index >= 15 is 0 Å². The molecule has 8 aromatic carbocycles. The molecule has 1 aliphatic heterocycles. The van der Waals surface area contributed by atoms with Gasteiger partial charge in [-0.15, -0.1) is 0 Å². The number of anilines is 4. The molecule has 0 fully saturated rings. The van der Waals surface area contributed by atoms with E-state index in [1.807, 2.05) is 18.3 Å². The van der Waals surface area contributed by atoms with Crippen LogP contribution in [-0.2, 0) is 10.8 Å². The fourth-order valence-corrected chi connectivity index (χ4v) is 9.89. The molecular weight excluding hydrogens is 836 g/mol. The molecule has 3 heterocycles. The molecular formula is C62H53FN4O. The van der Waals surface area contributed by atoms with Gasteiger partial charge < -0.3 is 14.5 Å². The fraction of sp³-hybridized carbons (Fsp3) is 0.145. The summed E-state index contributed by atoms with van der Waals surface area (Å²) in [7, 11) is 0. The molecule has 0 saturated carbocycles. The van der Waals surface area contributed by atoms with Gasteiger partial charge in [0.25, 0.3) is 0 Å². The molecule has 0 unspecified atom stereocenters. The van der Waals surface area contributed by atoms with Gasteiger partial charge in [0, 0.05) is 40.4 Å². The van der Waals surface area contributed by atoms with Crippen molar-refractivity contribution in [1.29, 1.82) is 0 Å². The molecule has 11 rings (SSSR count). The van der Waals surface area contributed by atoms with Crippen LogP contribution in [0.1, 0.15) is 52.7 Å². The largest absolute Gasteiger partial charge is 0.457 e. The maximum Gasteiger partial charge on any atom is 0.137 e. The Hall–Kier alpha value is -7.96. The summed E-state index contributed by atoms with van der Waals surface area (Å²) in [5, 5.41) is 2.29. The number of benzene rings is 8. The lowest BCUT2D eigenvalue weighted by atomic mass is 9.83. The Kier molecular flexibility index (Phi) is 10.5. The molecule has 0 spiro atoms. The monoisotopic (exact) mass is 888 g/mol. The molecule has 334 valence electrons. The second-order valence-electron chi connectivity index (χ2n) is 19.9. The first-order valence-corrected chi connectivity index (χ1v) is 23.4. The predicted octanol–water partition coefficient (Wildman–Crippen LogP) is 17.0. The normalized spacial score (nSPS) is 12.8. The maximum atomic E-state index is 14.4. The van der Waals surface area contributed by atoms with Crippen molar-refractivity contribution in [1.82, 2.24) is 9.55 Å². The summed E-state index contributed by atoms with van der Waals surface area (Å²) < 4.78 is 23.7. The number of ether oxygens (including phenoxy) is 1. The summed E-state index contributed by atoms with van der Waals surface area (Å²) in [6.07, 6.45) is 1.92. The molecule has 10 aromatic rings. The van der Waals surface area contributed by atoms with Gasteiger partial charge in [-0.05, 0) is 117 Å². The third-order valence-corrected chi connectivity index (χ3v) is 13.3. The van der Waals surface area contributed by atoms with Gasteiger partial charge in [0.05, 0.1) is 28.1 Å². The highest BCUT2D eigenvalue weighted by Crippen LogP contribution is 2.51. The van der Waals surface area contributed by atoms with E-state index in [0.29, 0.717) is 12.4 Å². The van der Waals surface area contributed by atoms with E-state index in [2.05, 4.69) is 226 Å². The van der Waals surface area contributed by atoms with Crippen LogP contribution in [0.2, 0.25) is 0 Å². The second kappa shape index (κ2) is 16.7. The molecule has 2 aromatic heterocycles. The van der Waals surface area contributed by atoms with E-state index in [4.69, 9.17) is 9.72 Å². The standard InChI is InChI=1S/C62H53FN4O/c1-61(2,3)44-33-34-64-59(37-44)67-55-24-13-12-21-52(55)53-32-31-47(39-58(53)67)68-48-36-43(50-20-11-10-19-49(50)41-17-8-7-9-18-41)35-46(38-48)65-40-66(57-26-15-14-25-56(57)65)60-51(42-27-29-45(63)30-28-42)22-16-23-54(60)62(4,5)6/h7-39H,40H2,1-6H3. The van der Waals surface area contributed by atoms with E-state index in [1.165, 1.54) is 11.1 Å². The summed E-state index contributed by atoms with van der Waals surface area (Å²) in [5.74, 6) is 2.06. The zero-order chi connectivity index (χ0) is 46.7. The highest BCUT2D eigenvalue weighted by molar-refractivity contribution is 6.09. The van der Waals surface area contributed by atoms with E-state index in [1.54, 1.807) is 12.1 Å². The average Bonchev–Trinajstić information content (AvgIpc) is 3.90. The fourth-order valence-electron chi connectivity index (χ4n) is 9.89. The second-order valence-corrected chi connectivity index (χ2v) is 19.9. The first-order valence-electron chi connectivity index (χ1n) is 23.4. The Morgan fingerprint density at radius 2 is 1.13 bits per heavy atom. The van der Waals surface area contributed by atoms with Gasteiger partial charge in [-0.2, -0.15) is 0 Å². The minimum atomic E-state index is -0.253. The molecule has 0 bridgehead atoms. The Balaban J connectivity index is 1.08. The van der Waals surface area contributed by atoms with Crippen LogP contribution in [0.4, 0.5) is 27.1 Å². The zero-order valence-corrected chi connectivity index (χ0v) is 39.3. The van der Waals surface area contributed by atoms with Crippen LogP contribution >= 0.6 is 0 Å². The van der Waals surface area contributed by atoms with Crippen LogP contribution in [0.15, 0.2) is 200 Å². The van der Waals surface area contributed by atoms with Gasteiger partial charge in [-0.25, -0.2) is 9.37 Å². The summed E-state index contributed by atoms with van der Waals surface area (Å²) in [5.41, 5.74) is 15.0. The number of nitrogens with zero attached hydrogens (tertiary/aromatic N) is 4. The van der Waals surface area contributed by atoms with Crippen LogP contribution in [-0.4, -0.2) is 16.2 Å². The lowest BCUT2D eigenvalue weighted by Gasteiger charge is -2.32. The van der Waals surface area contributed by atoms with Gasteiger partial charge in [0.15, 0.2) is 0 Å². The number of hydrogen-bond acceptors (Lipinski definition) is 4. The molecule has 0 aliphatic carbocycles.